The van der Waals surface area contributed by atoms with Gasteiger partial charge in [0.15, 0.2) is 0 Å². The number of amides is 1. The molecule has 3 aromatic rings. The number of unbranched alkanes of at least 4 members (excludes halogenated alkanes) is 2. The molecule has 0 bridgehead atoms. The minimum atomic E-state index is -0.0104. The maximum Gasteiger partial charge on any atom is 0.251 e. The fourth-order valence-electron chi connectivity index (χ4n) is 2.80. The van der Waals surface area contributed by atoms with Crippen molar-refractivity contribution in [2.45, 2.75) is 25.7 Å². The van der Waals surface area contributed by atoms with Crippen LogP contribution >= 0.6 is 0 Å². The number of nitrogens with one attached hydrogen (secondary N) is 1. The molecular formula is C21H22N2O. The van der Waals surface area contributed by atoms with Crippen LogP contribution < -0.4 is 5.32 Å². The Morgan fingerprint density at radius 2 is 1.79 bits per heavy atom. The summed E-state index contributed by atoms with van der Waals surface area (Å²) in [5.41, 5.74) is 2.99. The molecule has 3 nitrogen and oxygen atoms in total. The summed E-state index contributed by atoms with van der Waals surface area (Å²) in [7, 11) is 0. The van der Waals surface area contributed by atoms with E-state index in [-0.39, 0.29) is 5.91 Å². The van der Waals surface area contributed by atoms with Gasteiger partial charge in [-0.1, -0.05) is 42.8 Å². The average Bonchev–Trinajstić information content (AvgIpc) is 2.65. The average molecular weight is 318 g/mol. The van der Waals surface area contributed by atoms with Crippen molar-refractivity contribution in [2.75, 3.05) is 6.54 Å². The van der Waals surface area contributed by atoms with Gasteiger partial charge in [-0.25, -0.2) is 0 Å². The van der Waals surface area contributed by atoms with E-state index in [4.69, 9.17) is 0 Å². The van der Waals surface area contributed by atoms with Gasteiger partial charge < -0.3 is 5.32 Å². The van der Waals surface area contributed by atoms with E-state index in [1.54, 1.807) is 6.20 Å². The number of nitrogens with zero attached hydrogens (tertiary/aromatic N) is 1. The van der Waals surface area contributed by atoms with Gasteiger partial charge in [-0.2, -0.15) is 0 Å². The number of benzene rings is 2. The predicted molar refractivity (Wildman–Crippen MR) is 98.1 cm³/mol. The van der Waals surface area contributed by atoms with Crippen LogP contribution in [-0.2, 0) is 6.42 Å². The molecule has 0 unspecified atom stereocenters. The number of aromatic nitrogens is 1. The Kier molecular flexibility index (Phi) is 5.56. The maximum absolute atomic E-state index is 12.2. The standard InChI is InChI=1S/C21H22N2O/c24-21(19-12-13-20-18(16-19)11-7-15-22-20)23-14-6-2-5-10-17-8-3-1-4-9-17/h1,3-4,7-9,11-13,15-16H,2,5-6,10,14H2,(H,23,24). The Hall–Kier alpha value is -2.68. The molecule has 122 valence electrons. The first-order chi connectivity index (χ1) is 11.8. The molecular weight excluding hydrogens is 296 g/mol. The van der Waals surface area contributed by atoms with Crippen LogP contribution in [0.1, 0.15) is 35.2 Å². The van der Waals surface area contributed by atoms with Crippen LogP contribution in [0.4, 0.5) is 0 Å². The topological polar surface area (TPSA) is 42.0 Å². The Morgan fingerprint density at radius 1 is 0.917 bits per heavy atom. The van der Waals surface area contributed by atoms with E-state index in [2.05, 4.69) is 34.6 Å². The van der Waals surface area contributed by atoms with E-state index in [1.807, 2.05) is 36.4 Å². The summed E-state index contributed by atoms with van der Waals surface area (Å²) in [5.74, 6) is -0.0104. The van der Waals surface area contributed by atoms with Crippen LogP contribution in [0.15, 0.2) is 66.9 Å². The van der Waals surface area contributed by atoms with Gasteiger partial charge in [-0.15, -0.1) is 0 Å². The summed E-state index contributed by atoms with van der Waals surface area (Å²) in [6.07, 6.45) is 6.15. The zero-order chi connectivity index (χ0) is 16.6. The fourth-order valence-corrected chi connectivity index (χ4v) is 2.80. The zero-order valence-corrected chi connectivity index (χ0v) is 13.7. The molecule has 3 rings (SSSR count). The molecule has 0 atom stereocenters. The maximum atomic E-state index is 12.2. The van der Waals surface area contributed by atoms with Gasteiger partial charge in [0.05, 0.1) is 5.52 Å². The Morgan fingerprint density at radius 3 is 2.67 bits per heavy atom. The van der Waals surface area contributed by atoms with Gasteiger partial charge in [0, 0.05) is 23.7 Å². The lowest BCUT2D eigenvalue weighted by Gasteiger charge is -2.06. The summed E-state index contributed by atoms with van der Waals surface area (Å²) < 4.78 is 0. The van der Waals surface area contributed by atoms with Crippen LogP contribution in [0.3, 0.4) is 0 Å². The molecule has 0 saturated heterocycles. The highest BCUT2D eigenvalue weighted by Gasteiger charge is 2.05. The number of rotatable bonds is 7. The van der Waals surface area contributed by atoms with E-state index in [0.29, 0.717) is 5.56 Å². The van der Waals surface area contributed by atoms with Crippen molar-refractivity contribution in [3.05, 3.63) is 78.0 Å². The van der Waals surface area contributed by atoms with Gasteiger partial charge in [0.25, 0.3) is 5.91 Å². The van der Waals surface area contributed by atoms with Crippen molar-refractivity contribution in [3.8, 4) is 0 Å². The van der Waals surface area contributed by atoms with Crippen LogP contribution in [0, 0.1) is 0 Å². The number of hydrogen-bond acceptors (Lipinski definition) is 2. The van der Waals surface area contributed by atoms with E-state index < -0.39 is 0 Å². The second-order valence-electron chi connectivity index (χ2n) is 5.96. The van der Waals surface area contributed by atoms with Gasteiger partial charge in [0.2, 0.25) is 0 Å². The van der Waals surface area contributed by atoms with Crippen molar-refractivity contribution >= 4 is 16.8 Å². The number of fused-ring (bicyclic) bond motifs is 1. The lowest BCUT2D eigenvalue weighted by atomic mass is 10.1. The molecule has 0 aliphatic carbocycles. The summed E-state index contributed by atoms with van der Waals surface area (Å²) in [4.78, 5) is 16.5. The number of carbonyl (C=O) groups excluding carboxylic acids is 1. The number of aryl methyl sites for hydroxylation is 1. The second kappa shape index (κ2) is 8.25. The fraction of sp³-hybridized carbons (Fsp3) is 0.238. The lowest BCUT2D eigenvalue weighted by Crippen LogP contribution is -2.24. The quantitative estimate of drug-likeness (QED) is 0.657. The lowest BCUT2D eigenvalue weighted by molar-refractivity contribution is 0.0953. The Balaban J connectivity index is 1.40. The van der Waals surface area contributed by atoms with E-state index >= 15 is 0 Å². The van der Waals surface area contributed by atoms with E-state index in [1.165, 1.54) is 5.56 Å². The van der Waals surface area contributed by atoms with Crippen molar-refractivity contribution in [3.63, 3.8) is 0 Å². The molecule has 2 aromatic carbocycles. The van der Waals surface area contributed by atoms with Gasteiger partial charge in [-0.3, -0.25) is 9.78 Å². The summed E-state index contributed by atoms with van der Waals surface area (Å²) in [6.45, 7) is 0.721. The summed E-state index contributed by atoms with van der Waals surface area (Å²) in [5, 5.41) is 4.00. The smallest absolute Gasteiger partial charge is 0.251 e. The molecule has 0 saturated carbocycles. The first-order valence-electron chi connectivity index (χ1n) is 8.50. The highest BCUT2D eigenvalue weighted by molar-refractivity contribution is 5.97. The molecule has 0 aliphatic heterocycles. The molecule has 1 amide bonds. The SMILES string of the molecule is O=C(NCCCCCc1ccccc1)c1ccc2ncccc2c1. The van der Waals surface area contributed by atoms with Crippen molar-refractivity contribution in [1.82, 2.24) is 10.3 Å². The first kappa shape index (κ1) is 16.2. The molecule has 0 fully saturated rings. The van der Waals surface area contributed by atoms with E-state index in [9.17, 15) is 4.79 Å². The third-order valence-corrected chi connectivity index (χ3v) is 4.14. The van der Waals surface area contributed by atoms with Crippen LogP contribution in [0.2, 0.25) is 0 Å². The highest BCUT2D eigenvalue weighted by atomic mass is 16.1. The monoisotopic (exact) mass is 318 g/mol. The zero-order valence-electron chi connectivity index (χ0n) is 13.7. The highest BCUT2D eigenvalue weighted by Crippen LogP contribution is 2.13. The number of pyridine rings is 1. The van der Waals surface area contributed by atoms with E-state index in [0.717, 1.165) is 43.1 Å². The van der Waals surface area contributed by atoms with Crippen LogP contribution in [0.5, 0.6) is 0 Å². The Bertz CT molecular complexity index is 799. The third-order valence-electron chi connectivity index (χ3n) is 4.14. The van der Waals surface area contributed by atoms with Crippen molar-refractivity contribution in [2.24, 2.45) is 0 Å². The largest absolute Gasteiger partial charge is 0.352 e. The molecule has 0 spiro atoms. The van der Waals surface area contributed by atoms with Crippen LogP contribution in [-0.4, -0.2) is 17.4 Å². The van der Waals surface area contributed by atoms with Crippen LogP contribution in [0.25, 0.3) is 10.9 Å². The van der Waals surface area contributed by atoms with Gasteiger partial charge >= 0.3 is 0 Å². The number of hydrogen-bond donors (Lipinski definition) is 1. The molecule has 1 heterocycles. The van der Waals surface area contributed by atoms with Gasteiger partial charge in [0.1, 0.15) is 0 Å². The predicted octanol–water partition coefficient (Wildman–Crippen LogP) is 4.38. The van der Waals surface area contributed by atoms with Gasteiger partial charge in [-0.05, 0) is 49.1 Å². The summed E-state index contributed by atoms with van der Waals surface area (Å²) >= 11 is 0. The minimum Gasteiger partial charge on any atom is -0.352 e. The normalized spacial score (nSPS) is 10.7. The second-order valence-corrected chi connectivity index (χ2v) is 5.96. The molecule has 1 aromatic heterocycles. The molecule has 3 heteroatoms. The minimum absolute atomic E-state index is 0.0104. The molecule has 1 N–H and O–H groups in total. The third kappa shape index (κ3) is 4.42. The Labute approximate surface area is 142 Å². The first-order valence-corrected chi connectivity index (χ1v) is 8.50. The van der Waals surface area contributed by atoms with Crippen molar-refractivity contribution in [1.29, 1.82) is 0 Å². The van der Waals surface area contributed by atoms with Crippen molar-refractivity contribution < 1.29 is 4.79 Å². The number of carbonyl (C=O) groups is 1. The molecule has 0 aliphatic rings. The molecule has 0 radical (unpaired) electrons. The summed E-state index contributed by atoms with van der Waals surface area (Å²) in [6, 6.07) is 20.0. The molecule has 24 heavy (non-hydrogen) atoms.